The molecule has 2 aromatic carbocycles. The number of ether oxygens (including phenoxy) is 2. The fraction of sp³-hybridized carbons (Fsp3) is 0.407. The Kier molecular flexibility index (Phi) is 7.63. The zero-order valence-corrected chi connectivity index (χ0v) is 20.8. The molecule has 0 saturated carbocycles. The van der Waals surface area contributed by atoms with Crippen LogP contribution in [0.4, 0.5) is 4.79 Å². The summed E-state index contributed by atoms with van der Waals surface area (Å²) in [7, 11) is 0. The first-order valence-electron chi connectivity index (χ1n) is 11.5. The summed E-state index contributed by atoms with van der Waals surface area (Å²) in [6.07, 6.45) is -0.303. The van der Waals surface area contributed by atoms with Gasteiger partial charge in [0.15, 0.2) is 0 Å². The molecule has 1 aliphatic heterocycles. The number of carbonyl (C=O) groups excluding carboxylic acids is 4. The molecule has 0 unspecified atom stereocenters. The summed E-state index contributed by atoms with van der Waals surface area (Å²) in [5.41, 5.74) is -0.284. The van der Waals surface area contributed by atoms with Crippen LogP contribution in [0.2, 0.25) is 0 Å². The molecule has 186 valence electrons. The highest BCUT2D eigenvalue weighted by atomic mass is 16.6. The van der Waals surface area contributed by atoms with E-state index in [1.165, 1.54) is 0 Å². The van der Waals surface area contributed by atoms with Gasteiger partial charge in [-0.15, -0.1) is 0 Å². The Labute approximate surface area is 205 Å². The summed E-state index contributed by atoms with van der Waals surface area (Å²) in [4.78, 5) is 52.9. The molecule has 2 aromatic rings. The van der Waals surface area contributed by atoms with Crippen molar-refractivity contribution in [1.29, 1.82) is 0 Å². The fourth-order valence-corrected chi connectivity index (χ4v) is 3.96. The number of alkyl carbamates (subject to hydrolysis) is 1. The Morgan fingerprint density at radius 1 is 0.886 bits per heavy atom. The number of esters is 1. The molecule has 0 saturated heterocycles. The maximum atomic E-state index is 13.4. The molecule has 1 heterocycles. The maximum Gasteiger partial charge on any atom is 0.407 e. The average Bonchev–Trinajstić information content (AvgIpc) is 3.02. The van der Waals surface area contributed by atoms with Crippen molar-refractivity contribution in [2.24, 2.45) is 5.41 Å². The molecule has 1 aliphatic rings. The second-order valence-electron chi connectivity index (χ2n) is 10.2. The molecule has 0 radical (unpaired) electrons. The van der Waals surface area contributed by atoms with Crippen LogP contribution in [0.15, 0.2) is 54.6 Å². The molecule has 0 aromatic heterocycles. The van der Waals surface area contributed by atoms with Crippen LogP contribution < -0.4 is 5.32 Å². The third kappa shape index (κ3) is 6.26. The van der Waals surface area contributed by atoms with E-state index in [4.69, 9.17) is 9.47 Å². The molecule has 1 atom stereocenters. The minimum Gasteiger partial charge on any atom is -0.459 e. The van der Waals surface area contributed by atoms with Gasteiger partial charge in [0.05, 0.1) is 11.1 Å². The van der Waals surface area contributed by atoms with E-state index >= 15 is 0 Å². The second kappa shape index (κ2) is 10.3. The van der Waals surface area contributed by atoms with E-state index in [-0.39, 0.29) is 30.7 Å². The third-order valence-corrected chi connectivity index (χ3v) is 5.71. The highest BCUT2D eigenvalue weighted by molar-refractivity contribution is 6.22. The number of amides is 3. The number of fused-ring (bicyclic) bond motifs is 1. The summed E-state index contributed by atoms with van der Waals surface area (Å²) in [5, 5.41) is 2.68. The van der Waals surface area contributed by atoms with Gasteiger partial charge < -0.3 is 14.8 Å². The van der Waals surface area contributed by atoms with Crippen molar-refractivity contribution >= 4 is 23.9 Å². The first kappa shape index (κ1) is 25.9. The molecule has 0 bridgehead atoms. The largest absolute Gasteiger partial charge is 0.459 e. The Morgan fingerprint density at radius 2 is 1.43 bits per heavy atom. The van der Waals surface area contributed by atoms with Crippen molar-refractivity contribution in [3.05, 3.63) is 71.3 Å². The van der Waals surface area contributed by atoms with Crippen LogP contribution in [0.1, 0.15) is 67.3 Å². The molecule has 8 heteroatoms. The van der Waals surface area contributed by atoms with Crippen LogP contribution in [-0.4, -0.2) is 47.0 Å². The van der Waals surface area contributed by atoms with Gasteiger partial charge in [-0.3, -0.25) is 14.5 Å². The third-order valence-electron chi connectivity index (χ3n) is 5.71. The van der Waals surface area contributed by atoms with Crippen LogP contribution in [0.25, 0.3) is 0 Å². The second-order valence-corrected chi connectivity index (χ2v) is 10.2. The zero-order chi connectivity index (χ0) is 25.8. The SMILES string of the molecule is CC(C)(C)OC(=O)NCCC(C)(C)[C@@H](C(=O)OCc1ccccc1)N1C(=O)c2ccccc2C1=O. The van der Waals surface area contributed by atoms with E-state index in [0.717, 1.165) is 10.5 Å². The molecule has 35 heavy (non-hydrogen) atoms. The Hall–Kier alpha value is -3.68. The highest BCUT2D eigenvalue weighted by Crippen LogP contribution is 2.35. The lowest BCUT2D eigenvalue weighted by atomic mass is 9.80. The summed E-state index contributed by atoms with van der Waals surface area (Å²) in [5.74, 6) is -1.77. The van der Waals surface area contributed by atoms with Gasteiger partial charge in [0.2, 0.25) is 0 Å². The lowest BCUT2D eigenvalue weighted by molar-refractivity contribution is -0.154. The molecule has 8 nitrogen and oxygen atoms in total. The number of rotatable bonds is 8. The van der Waals surface area contributed by atoms with E-state index in [0.29, 0.717) is 0 Å². The monoisotopic (exact) mass is 480 g/mol. The number of nitrogens with one attached hydrogen (secondary N) is 1. The summed E-state index contributed by atoms with van der Waals surface area (Å²) in [6, 6.07) is 14.4. The lowest BCUT2D eigenvalue weighted by Crippen LogP contribution is -2.54. The summed E-state index contributed by atoms with van der Waals surface area (Å²) < 4.78 is 10.8. The Balaban J connectivity index is 1.82. The van der Waals surface area contributed by atoms with Gasteiger partial charge in [-0.1, -0.05) is 56.3 Å². The normalized spacial score (nSPS) is 14.4. The number of nitrogens with zero attached hydrogens (tertiary/aromatic N) is 1. The topological polar surface area (TPSA) is 102 Å². The number of hydrogen-bond acceptors (Lipinski definition) is 6. The Morgan fingerprint density at radius 3 is 1.97 bits per heavy atom. The van der Waals surface area contributed by atoms with Gasteiger partial charge in [0, 0.05) is 6.54 Å². The summed E-state index contributed by atoms with van der Waals surface area (Å²) in [6.45, 7) is 9.00. The molecule has 0 fully saturated rings. The first-order chi connectivity index (χ1) is 16.4. The minimum absolute atomic E-state index is 0.00554. The molecule has 1 N–H and O–H groups in total. The van der Waals surface area contributed by atoms with Crippen LogP contribution in [0.3, 0.4) is 0 Å². The van der Waals surface area contributed by atoms with Crippen molar-refractivity contribution in [1.82, 2.24) is 10.2 Å². The molecular formula is C27H32N2O6. The standard InChI is InChI=1S/C27H32N2O6/c1-26(2,3)35-25(33)28-16-15-27(4,5)21(24(32)34-17-18-11-7-6-8-12-18)29-22(30)19-13-9-10-14-20(19)23(29)31/h6-14,21H,15-17H2,1-5H3,(H,28,33)/t21-/m1/s1. The van der Waals surface area contributed by atoms with E-state index < -0.39 is 40.9 Å². The lowest BCUT2D eigenvalue weighted by Gasteiger charge is -2.37. The molecule has 0 aliphatic carbocycles. The number of benzene rings is 2. The number of imide groups is 1. The maximum absolute atomic E-state index is 13.4. The van der Waals surface area contributed by atoms with Gasteiger partial charge in [-0.25, -0.2) is 9.59 Å². The molecule has 0 spiro atoms. The van der Waals surface area contributed by atoms with E-state index in [9.17, 15) is 19.2 Å². The van der Waals surface area contributed by atoms with Crippen molar-refractivity contribution in [3.8, 4) is 0 Å². The smallest absolute Gasteiger partial charge is 0.407 e. The zero-order valence-electron chi connectivity index (χ0n) is 20.8. The van der Waals surface area contributed by atoms with Gasteiger partial charge in [0.1, 0.15) is 18.2 Å². The average molecular weight is 481 g/mol. The summed E-state index contributed by atoms with van der Waals surface area (Å²) >= 11 is 0. The van der Waals surface area contributed by atoms with Gasteiger partial charge >= 0.3 is 12.1 Å². The quantitative estimate of drug-likeness (QED) is 0.446. The molecule has 3 rings (SSSR count). The Bertz CT molecular complexity index is 1070. The van der Waals surface area contributed by atoms with Crippen molar-refractivity contribution in [2.75, 3.05) is 6.54 Å². The van der Waals surface area contributed by atoms with Crippen LogP contribution in [0, 0.1) is 5.41 Å². The number of carbonyl (C=O) groups is 4. The van der Waals surface area contributed by atoms with Gasteiger partial charge in [-0.05, 0) is 50.3 Å². The van der Waals surface area contributed by atoms with E-state index in [1.54, 1.807) is 58.9 Å². The van der Waals surface area contributed by atoms with Crippen LogP contribution in [0.5, 0.6) is 0 Å². The fourth-order valence-electron chi connectivity index (χ4n) is 3.96. The predicted octanol–water partition coefficient (Wildman–Crippen LogP) is 4.34. The van der Waals surface area contributed by atoms with Crippen molar-refractivity contribution in [3.63, 3.8) is 0 Å². The molecular weight excluding hydrogens is 448 g/mol. The van der Waals surface area contributed by atoms with Crippen molar-refractivity contribution in [2.45, 2.75) is 59.3 Å². The number of hydrogen-bond donors (Lipinski definition) is 1. The van der Waals surface area contributed by atoms with Gasteiger partial charge in [0.25, 0.3) is 11.8 Å². The first-order valence-corrected chi connectivity index (χ1v) is 11.5. The minimum atomic E-state index is -1.20. The van der Waals surface area contributed by atoms with Crippen LogP contribution in [-0.2, 0) is 20.9 Å². The van der Waals surface area contributed by atoms with Gasteiger partial charge in [-0.2, -0.15) is 0 Å². The highest BCUT2D eigenvalue weighted by Gasteiger charge is 2.49. The van der Waals surface area contributed by atoms with Crippen molar-refractivity contribution < 1.29 is 28.7 Å². The van der Waals surface area contributed by atoms with E-state index in [1.807, 2.05) is 30.3 Å². The van der Waals surface area contributed by atoms with Crippen LogP contribution >= 0.6 is 0 Å². The molecule has 3 amide bonds. The predicted molar refractivity (Wildman–Crippen MR) is 130 cm³/mol. The van der Waals surface area contributed by atoms with E-state index in [2.05, 4.69) is 5.32 Å².